The van der Waals surface area contributed by atoms with Gasteiger partial charge in [0.2, 0.25) is 5.95 Å². The lowest BCUT2D eigenvalue weighted by Gasteiger charge is -2.31. The number of fused-ring (bicyclic) bond motifs is 1. The lowest BCUT2D eigenvalue weighted by atomic mass is 10.3. The van der Waals surface area contributed by atoms with Crippen LogP contribution in [0.3, 0.4) is 0 Å². The van der Waals surface area contributed by atoms with E-state index < -0.39 is 0 Å². The van der Waals surface area contributed by atoms with E-state index in [0.29, 0.717) is 49.4 Å². The number of carbonyl (C=O) groups is 1. The van der Waals surface area contributed by atoms with E-state index in [1.165, 1.54) is 0 Å². The second kappa shape index (κ2) is 9.20. The van der Waals surface area contributed by atoms with Gasteiger partial charge in [0, 0.05) is 51.9 Å². The third-order valence-corrected chi connectivity index (χ3v) is 5.88. The van der Waals surface area contributed by atoms with E-state index in [1.807, 2.05) is 23.0 Å². The van der Waals surface area contributed by atoms with E-state index in [-0.39, 0.29) is 5.91 Å². The van der Waals surface area contributed by atoms with Crippen LogP contribution in [0.1, 0.15) is 10.5 Å². The minimum absolute atomic E-state index is 0.0841. The smallest absolute Gasteiger partial charge is 0.272 e. The number of morpholine rings is 1. The largest absolute Gasteiger partial charge is 0.378 e. The van der Waals surface area contributed by atoms with Gasteiger partial charge >= 0.3 is 0 Å². The lowest BCUT2D eigenvalue weighted by molar-refractivity contribution is 0.0807. The predicted octanol–water partition coefficient (Wildman–Crippen LogP) is 0.650. The van der Waals surface area contributed by atoms with Crippen molar-refractivity contribution in [2.24, 2.45) is 0 Å². The average molecular weight is 452 g/mol. The molecule has 5 heterocycles. The van der Waals surface area contributed by atoms with Crippen molar-refractivity contribution in [2.45, 2.75) is 0 Å². The van der Waals surface area contributed by atoms with Crippen LogP contribution in [0.15, 0.2) is 30.6 Å². The van der Waals surface area contributed by atoms with Gasteiger partial charge in [0.25, 0.3) is 5.91 Å². The van der Waals surface area contributed by atoms with E-state index in [0.717, 1.165) is 37.3 Å². The number of rotatable bonds is 5. The van der Waals surface area contributed by atoms with E-state index >= 15 is 0 Å². The molecule has 2 N–H and O–H groups in total. The highest BCUT2D eigenvalue weighted by molar-refractivity contribution is 5.98. The molecule has 11 heteroatoms. The number of aromatic nitrogens is 4. The van der Waals surface area contributed by atoms with Crippen molar-refractivity contribution in [3.05, 3.63) is 36.3 Å². The molecule has 0 unspecified atom stereocenters. The van der Waals surface area contributed by atoms with Crippen LogP contribution >= 0.6 is 0 Å². The van der Waals surface area contributed by atoms with E-state index in [1.54, 1.807) is 25.2 Å². The summed E-state index contributed by atoms with van der Waals surface area (Å²) in [5.74, 6) is 1.02. The van der Waals surface area contributed by atoms with Gasteiger partial charge in [-0.3, -0.25) is 4.79 Å². The summed E-state index contributed by atoms with van der Waals surface area (Å²) in [5, 5.41) is 9.46. The van der Waals surface area contributed by atoms with Crippen LogP contribution in [-0.2, 0) is 4.74 Å². The maximum Gasteiger partial charge on any atom is 0.272 e. The molecule has 33 heavy (non-hydrogen) atoms. The first-order chi connectivity index (χ1) is 16.1. The van der Waals surface area contributed by atoms with Crippen LogP contribution in [0.2, 0.25) is 0 Å². The molecule has 0 atom stereocenters. The third-order valence-electron chi connectivity index (χ3n) is 5.88. The Morgan fingerprint density at radius 3 is 2.58 bits per heavy atom. The van der Waals surface area contributed by atoms with Crippen molar-refractivity contribution in [1.29, 1.82) is 0 Å². The molecule has 0 aliphatic carbocycles. The summed E-state index contributed by atoms with van der Waals surface area (Å²) in [6, 6.07) is 5.84. The monoisotopic (exact) mass is 451 g/mol. The van der Waals surface area contributed by atoms with Gasteiger partial charge in [-0.25, -0.2) is 14.6 Å². The molecule has 5 rings (SSSR count). The standard InChI is InChI=1S/C22H29N9O2/c1-28(2)21(32)18-13-16-14-25-22(27-20(16)31(18)30-9-11-33-12-10-30)26-19-4-3-17(15-24-19)29-7-5-23-6-8-29/h3-4,13-15,23H,5-12H2,1-2H3,(H,24,25,26,27). The quantitative estimate of drug-likeness (QED) is 0.579. The maximum absolute atomic E-state index is 12.9. The number of amides is 1. The molecule has 2 saturated heterocycles. The molecule has 3 aromatic heterocycles. The lowest BCUT2D eigenvalue weighted by Crippen LogP contribution is -2.46. The molecule has 0 saturated carbocycles. The van der Waals surface area contributed by atoms with Crippen molar-refractivity contribution in [3.63, 3.8) is 0 Å². The van der Waals surface area contributed by atoms with Gasteiger partial charge in [-0.1, -0.05) is 0 Å². The molecule has 0 aromatic carbocycles. The zero-order chi connectivity index (χ0) is 22.8. The fourth-order valence-electron chi connectivity index (χ4n) is 4.14. The molecule has 0 bridgehead atoms. The van der Waals surface area contributed by atoms with Crippen LogP contribution in [0, 0.1) is 0 Å². The van der Waals surface area contributed by atoms with Gasteiger partial charge in [-0.2, -0.15) is 4.98 Å². The van der Waals surface area contributed by atoms with Gasteiger partial charge < -0.3 is 30.2 Å². The molecule has 1 amide bonds. The molecule has 174 valence electrons. The highest BCUT2D eigenvalue weighted by Crippen LogP contribution is 2.23. The highest BCUT2D eigenvalue weighted by atomic mass is 16.5. The summed E-state index contributed by atoms with van der Waals surface area (Å²) in [6.45, 7) is 6.48. The Kier molecular flexibility index (Phi) is 5.97. The number of ether oxygens (including phenoxy) is 1. The first-order valence-corrected chi connectivity index (χ1v) is 11.2. The van der Waals surface area contributed by atoms with Crippen molar-refractivity contribution < 1.29 is 9.53 Å². The predicted molar refractivity (Wildman–Crippen MR) is 127 cm³/mol. The number of carbonyl (C=O) groups excluding carboxylic acids is 1. The average Bonchev–Trinajstić information content (AvgIpc) is 3.24. The molecule has 0 spiro atoms. The molecular weight excluding hydrogens is 422 g/mol. The summed E-state index contributed by atoms with van der Waals surface area (Å²) in [5.41, 5.74) is 2.34. The van der Waals surface area contributed by atoms with Crippen molar-refractivity contribution in [2.75, 3.05) is 81.8 Å². The van der Waals surface area contributed by atoms with Gasteiger partial charge in [-0.15, -0.1) is 0 Å². The Balaban J connectivity index is 1.44. The summed E-state index contributed by atoms with van der Waals surface area (Å²) in [4.78, 5) is 30.5. The number of hydrogen-bond donors (Lipinski definition) is 2. The second-order valence-electron chi connectivity index (χ2n) is 8.34. The summed E-state index contributed by atoms with van der Waals surface area (Å²) in [7, 11) is 3.50. The number of hydrogen-bond acceptors (Lipinski definition) is 9. The van der Waals surface area contributed by atoms with Crippen molar-refractivity contribution in [3.8, 4) is 0 Å². The van der Waals surface area contributed by atoms with E-state index in [2.05, 4.69) is 36.6 Å². The van der Waals surface area contributed by atoms with Crippen molar-refractivity contribution >= 4 is 34.4 Å². The molecular formula is C22H29N9O2. The SMILES string of the molecule is CN(C)C(=O)c1cc2cnc(Nc3ccc(N4CCNCC4)cn3)nc2n1N1CCOCC1. The fraction of sp³-hybridized carbons (Fsp3) is 0.455. The summed E-state index contributed by atoms with van der Waals surface area (Å²) < 4.78 is 7.40. The zero-order valence-electron chi connectivity index (χ0n) is 19.0. The molecule has 2 aliphatic rings. The van der Waals surface area contributed by atoms with Gasteiger partial charge in [0.15, 0.2) is 5.65 Å². The highest BCUT2D eigenvalue weighted by Gasteiger charge is 2.24. The van der Waals surface area contributed by atoms with Crippen LogP contribution < -0.4 is 20.5 Å². The normalized spacial score (nSPS) is 16.8. The Labute approximate surface area is 192 Å². The maximum atomic E-state index is 12.9. The number of nitrogens with zero attached hydrogens (tertiary/aromatic N) is 7. The number of piperazine rings is 1. The first kappa shape index (κ1) is 21.4. The van der Waals surface area contributed by atoms with E-state index in [4.69, 9.17) is 9.72 Å². The zero-order valence-corrected chi connectivity index (χ0v) is 19.0. The summed E-state index contributed by atoms with van der Waals surface area (Å²) >= 11 is 0. The van der Waals surface area contributed by atoms with E-state index in [9.17, 15) is 4.79 Å². The van der Waals surface area contributed by atoms with Crippen LogP contribution in [0.25, 0.3) is 11.0 Å². The first-order valence-electron chi connectivity index (χ1n) is 11.2. The van der Waals surface area contributed by atoms with Gasteiger partial charge in [-0.05, 0) is 18.2 Å². The van der Waals surface area contributed by atoms with Gasteiger partial charge in [0.05, 0.1) is 38.2 Å². The number of anilines is 3. The topological polar surface area (TPSA) is 104 Å². The summed E-state index contributed by atoms with van der Waals surface area (Å²) in [6.07, 6.45) is 3.61. The van der Waals surface area contributed by atoms with Crippen LogP contribution in [0.4, 0.5) is 17.5 Å². The Hall–Kier alpha value is -3.44. The fourth-order valence-corrected chi connectivity index (χ4v) is 4.14. The Morgan fingerprint density at radius 1 is 1.09 bits per heavy atom. The molecule has 11 nitrogen and oxygen atoms in total. The minimum Gasteiger partial charge on any atom is -0.378 e. The minimum atomic E-state index is -0.0841. The van der Waals surface area contributed by atoms with Gasteiger partial charge in [0.1, 0.15) is 11.5 Å². The Morgan fingerprint density at radius 2 is 1.88 bits per heavy atom. The molecule has 3 aromatic rings. The van der Waals surface area contributed by atoms with Crippen LogP contribution in [0.5, 0.6) is 0 Å². The van der Waals surface area contributed by atoms with Crippen molar-refractivity contribution in [1.82, 2.24) is 29.8 Å². The molecule has 2 aliphatic heterocycles. The Bertz CT molecular complexity index is 1120. The number of nitrogens with one attached hydrogen (secondary N) is 2. The molecule has 0 radical (unpaired) electrons. The number of pyridine rings is 1. The molecule has 2 fully saturated rings. The van der Waals surface area contributed by atoms with Crippen LogP contribution in [-0.4, -0.2) is 97.0 Å². The third kappa shape index (κ3) is 4.41. The second-order valence-corrected chi connectivity index (χ2v) is 8.34.